The Morgan fingerprint density at radius 3 is 2.68 bits per heavy atom. The molecule has 2 aliphatic rings. The number of hydrogen-bond donors (Lipinski definition) is 1. The van der Waals surface area contributed by atoms with Crippen molar-refractivity contribution >= 4 is 16.6 Å². The molecule has 1 aliphatic heterocycles. The maximum atomic E-state index is 11.8. The molecule has 0 amide bonds. The van der Waals surface area contributed by atoms with Crippen molar-refractivity contribution < 1.29 is 0 Å². The fraction of sp³-hybridized carbons (Fsp3) is 0.344. The van der Waals surface area contributed by atoms with E-state index in [0.29, 0.717) is 17.4 Å². The van der Waals surface area contributed by atoms with Crippen LogP contribution in [-0.2, 0) is 6.42 Å². The van der Waals surface area contributed by atoms with E-state index in [9.17, 15) is 4.79 Å². The van der Waals surface area contributed by atoms with E-state index in [1.807, 2.05) is 30.3 Å². The van der Waals surface area contributed by atoms with Gasteiger partial charge in [0.25, 0.3) is 0 Å². The van der Waals surface area contributed by atoms with Crippen molar-refractivity contribution in [3.05, 3.63) is 94.0 Å². The Kier molecular flexibility index (Phi) is 6.49. The first-order valence-electron chi connectivity index (χ1n) is 13.5. The predicted octanol–water partition coefficient (Wildman–Crippen LogP) is 6.58. The first-order valence-corrected chi connectivity index (χ1v) is 13.5. The van der Waals surface area contributed by atoms with Gasteiger partial charge >= 0.3 is 0 Å². The van der Waals surface area contributed by atoms with Crippen LogP contribution in [0.5, 0.6) is 0 Å². The maximum absolute atomic E-state index is 11.8. The zero-order valence-electron chi connectivity index (χ0n) is 21.1. The van der Waals surface area contributed by atoms with Crippen LogP contribution in [-0.4, -0.2) is 23.1 Å². The predicted molar refractivity (Wildman–Crippen MR) is 149 cm³/mol. The van der Waals surface area contributed by atoms with Gasteiger partial charge in [0.2, 0.25) is 5.56 Å². The van der Waals surface area contributed by atoms with E-state index < -0.39 is 0 Å². The molecule has 1 N–H and O–H groups in total. The third-order valence-electron chi connectivity index (χ3n) is 8.13. The monoisotopic (exact) mass is 488 g/mol. The third kappa shape index (κ3) is 5.02. The van der Waals surface area contributed by atoms with Crippen LogP contribution < -0.4 is 10.5 Å². The first kappa shape index (κ1) is 23.5. The fourth-order valence-corrected chi connectivity index (χ4v) is 6.00. The lowest BCUT2D eigenvalue weighted by atomic mass is 9.89. The molecule has 2 fully saturated rings. The van der Waals surface area contributed by atoms with Crippen LogP contribution in [0.3, 0.4) is 0 Å². The number of pyridine rings is 2. The van der Waals surface area contributed by atoms with Crippen LogP contribution in [0.4, 0.5) is 5.69 Å². The molecule has 4 aromatic rings. The van der Waals surface area contributed by atoms with Crippen LogP contribution in [0.1, 0.15) is 61.1 Å². The highest BCUT2D eigenvalue weighted by atomic mass is 16.1. The molecule has 0 bridgehead atoms. The number of hydrogen-bond acceptors (Lipinski definition) is 4. The molecular formula is C32H32N4O. The summed E-state index contributed by atoms with van der Waals surface area (Å²) < 4.78 is 0. The Hall–Kier alpha value is -3.91. The van der Waals surface area contributed by atoms with Crippen molar-refractivity contribution in [3.63, 3.8) is 0 Å². The van der Waals surface area contributed by atoms with Crippen LogP contribution in [0.25, 0.3) is 22.0 Å². The van der Waals surface area contributed by atoms with E-state index in [1.165, 1.54) is 42.2 Å². The summed E-state index contributed by atoms with van der Waals surface area (Å²) >= 11 is 0. The van der Waals surface area contributed by atoms with Gasteiger partial charge in [-0.1, -0.05) is 30.3 Å². The average molecular weight is 489 g/mol. The molecule has 5 nitrogen and oxygen atoms in total. The van der Waals surface area contributed by atoms with E-state index in [2.05, 4.69) is 40.3 Å². The minimum Gasteiger partial charge on any atom is -0.371 e. The molecule has 2 aromatic carbocycles. The summed E-state index contributed by atoms with van der Waals surface area (Å²) in [5.74, 6) is 1.34. The van der Waals surface area contributed by atoms with Crippen LogP contribution in [0.2, 0.25) is 0 Å². The van der Waals surface area contributed by atoms with E-state index in [-0.39, 0.29) is 5.56 Å². The molecule has 0 spiro atoms. The summed E-state index contributed by atoms with van der Waals surface area (Å²) in [4.78, 5) is 21.9. The van der Waals surface area contributed by atoms with Gasteiger partial charge in [0, 0.05) is 48.2 Å². The molecule has 2 aromatic heterocycles. The first-order chi connectivity index (χ1) is 18.2. The standard InChI is InChI=1S/C32H32N4O/c33-20-23-7-9-24(10-8-23)28-4-1-5-29-31(25-12-13-25)26(21-35-32(28)29)11-6-22-3-2-17-36(18-15-22)27-14-16-34-30(37)19-27/h1,4-5,7-10,14,16,19,21-22,25H,2-3,6,11-13,15,17-18H2,(H,34,37). The Morgan fingerprint density at radius 1 is 1.03 bits per heavy atom. The van der Waals surface area contributed by atoms with Crippen molar-refractivity contribution in [2.45, 2.75) is 50.9 Å². The van der Waals surface area contributed by atoms with Gasteiger partial charge in [-0.2, -0.15) is 5.26 Å². The molecule has 1 saturated carbocycles. The highest BCUT2D eigenvalue weighted by Gasteiger charge is 2.29. The lowest BCUT2D eigenvalue weighted by Gasteiger charge is -2.22. The highest BCUT2D eigenvalue weighted by Crippen LogP contribution is 2.46. The number of fused-ring (bicyclic) bond motifs is 1. The maximum Gasteiger partial charge on any atom is 0.249 e. The summed E-state index contributed by atoms with van der Waals surface area (Å²) in [6, 6.07) is 20.3. The Labute approximate surface area is 217 Å². The quantitative estimate of drug-likeness (QED) is 0.333. The Bertz CT molecular complexity index is 1510. The molecule has 1 saturated heterocycles. The molecular weight excluding hydrogens is 456 g/mol. The van der Waals surface area contributed by atoms with Gasteiger partial charge in [0.1, 0.15) is 0 Å². The molecule has 3 heterocycles. The molecule has 1 unspecified atom stereocenters. The number of aryl methyl sites for hydroxylation is 1. The second-order valence-electron chi connectivity index (χ2n) is 10.6. The number of benzene rings is 2. The second-order valence-corrected chi connectivity index (χ2v) is 10.6. The van der Waals surface area contributed by atoms with Gasteiger partial charge in [-0.15, -0.1) is 0 Å². The number of nitrogens with one attached hydrogen (secondary N) is 1. The number of aromatic amines is 1. The van der Waals surface area contributed by atoms with Crippen molar-refractivity contribution in [1.29, 1.82) is 5.26 Å². The number of nitrogens with zero attached hydrogens (tertiary/aromatic N) is 3. The number of nitriles is 1. The second kappa shape index (κ2) is 10.2. The molecule has 0 radical (unpaired) electrons. The summed E-state index contributed by atoms with van der Waals surface area (Å²) in [6.45, 7) is 2.02. The Morgan fingerprint density at radius 2 is 1.89 bits per heavy atom. The van der Waals surface area contributed by atoms with Crippen molar-refractivity contribution in [3.8, 4) is 17.2 Å². The zero-order valence-corrected chi connectivity index (χ0v) is 21.1. The van der Waals surface area contributed by atoms with Crippen LogP contribution in [0, 0.1) is 17.2 Å². The summed E-state index contributed by atoms with van der Waals surface area (Å²) in [5.41, 5.74) is 7.93. The number of H-pyrrole nitrogens is 1. The van der Waals surface area contributed by atoms with Gasteiger partial charge in [0.05, 0.1) is 17.1 Å². The molecule has 6 rings (SSSR count). The van der Waals surface area contributed by atoms with Crippen molar-refractivity contribution in [1.82, 2.24) is 9.97 Å². The fourth-order valence-electron chi connectivity index (χ4n) is 6.00. The summed E-state index contributed by atoms with van der Waals surface area (Å²) in [6.07, 6.45) is 12.2. The van der Waals surface area contributed by atoms with Gasteiger partial charge in [0.15, 0.2) is 0 Å². The van der Waals surface area contributed by atoms with E-state index in [1.54, 1.807) is 12.3 Å². The van der Waals surface area contributed by atoms with E-state index in [0.717, 1.165) is 54.7 Å². The topological polar surface area (TPSA) is 72.8 Å². The molecule has 5 heteroatoms. The van der Waals surface area contributed by atoms with E-state index >= 15 is 0 Å². The van der Waals surface area contributed by atoms with Crippen LogP contribution >= 0.6 is 0 Å². The molecule has 186 valence electrons. The molecule has 1 atom stereocenters. The minimum atomic E-state index is -0.0305. The average Bonchev–Trinajstić information content (AvgIpc) is 3.79. The summed E-state index contributed by atoms with van der Waals surface area (Å²) in [5, 5.41) is 10.5. The van der Waals surface area contributed by atoms with Gasteiger partial charge in [-0.3, -0.25) is 9.78 Å². The number of aromatic nitrogens is 2. The number of para-hydroxylation sites is 1. The van der Waals surface area contributed by atoms with E-state index in [4.69, 9.17) is 10.2 Å². The number of anilines is 1. The number of rotatable bonds is 6. The highest BCUT2D eigenvalue weighted by molar-refractivity contribution is 5.96. The van der Waals surface area contributed by atoms with Gasteiger partial charge in [-0.05, 0) is 91.7 Å². The molecule has 1 aliphatic carbocycles. The smallest absolute Gasteiger partial charge is 0.249 e. The largest absolute Gasteiger partial charge is 0.371 e. The Balaban J connectivity index is 1.22. The third-order valence-corrected chi connectivity index (χ3v) is 8.13. The SMILES string of the molecule is N#Cc1ccc(-c2cccc3c(C4CC4)c(CCC4CCCN(c5cc[nH]c(=O)c5)CC4)cnc23)cc1. The van der Waals surface area contributed by atoms with Crippen molar-refractivity contribution in [2.75, 3.05) is 18.0 Å². The van der Waals surface area contributed by atoms with Crippen molar-refractivity contribution in [2.24, 2.45) is 5.92 Å². The lowest BCUT2D eigenvalue weighted by molar-refractivity contribution is 0.440. The summed E-state index contributed by atoms with van der Waals surface area (Å²) in [7, 11) is 0. The zero-order chi connectivity index (χ0) is 25.2. The molecule has 37 heavy (non-hydrogen) atoms. The lowest BCUT2D eigenvalue weighted by Crippen LogP contribution is -2.25. The van der Waals surface area contributed by atoms with Gasteiger partial charge in [-0.25, -0.2) is 0 Å². The van der Waals surface area contributed by atoms with Crippen LogP contribution in [0.15, 0.2) is 71.8 Å². The normalized spacial score (nSPS) is 17.9. The van der Waals surface area contributed by atoms with Gasteiger partial charge < -0.3 is 9.88 Å². The minimum absolute atomic E-state index is 0.0305.